The summed E-state index contributed by atoms with van der Waals surface area (Å²) < 4.78 is 1.79. The highest BCUT2D eigenvalue weighted by molar-refractivity contribution is 9.11. The van der Waals surface area contributed by atoms with E-state index in [2.05, 4.69) is 70.1 Å². The number of halogens is 2. The van der Waals surface area contributed by atoms with Crippen molar-refractivity contribution in [1.82, 2.24) is 0 Å². The van der Waals surface area contributed by atoms with E-state index < -0.39 is 0 Å². The Morgan fingerprint density at radius 2 is 1.70 bits per heavy atom. The van der Waals surface area contributed by atoms with Crippen molar-refractivity contribution in [2.24, 2.45) is 0 Å². The first kappa shape index (κ1) is 18.0. The highest BCUT2D eigenvalue weighted by Gasteiger charge is 2.12. The van der Waals surface area contributed by atoms with Crippen LogP contribution < -0.4 is 5.32 Å². The van der Waals surface area contributed by atoms with Gasteiger partial charge in [-0.3, -0.25) is 4.79 Å². The maximum absolute atomic E-state index is 12.0. The van der Waals surface area contributed by atoms with Gasteiger partial charge in [-0.15, -0.1) is 0 Å². The summed E-state index contributed by atoms with van der Waals surface area (Å²) in [6.07, 6.45) is 3.36. The van der Waals surface area contributed by atoms with Crippen LogP contribution in [0.4, 0.5) is 5.69 Å². The molecule has 0 unspecified atom stereocenters. The number of carbonyl (C=O) groups is 1. The van der Waals surface area contributed by atoms with Crippen molar-refractivity contribution in [3.8, 4) is 0 Å². The number of nitrogens with one attached hydrogen (secondary N) is 1. The number of hydrogen-bond acceptors (Lipinski definition) is 1. The molecule has 0 spiro atoms. The summed E-state index contributed by atoms with van der Waals surface area (Å²) in [5.41, 5.74) is 3.15. The molecule has 2 nitrogen and oxygen atoms in total. The first-order valence-electron chi connectivity index (χ1n) is 7.30. The molecule has 0 fully saturated rings. The predicted molar refractivity (Wildman–Crippen MR) is 105 cm³/mol. The maximum Gasteiger partial charge on any atom is 0.248 e. The third-order valence-electron chi connectivity index (χ3n) is 3.39. The van der Waals surface area contributed by atoms with E-state index in [1.165, 1.54) is 5.56 Å². The summed E-state index contributed by atoms with van der Waals surface area (Å²) in [6, 6.07) is 13.9. The first-order chi connectivity index (χ1) is 10.8. The van der Waals surface area contributed by atoms with E-state index in [4.69, 9.17) is 0 Å². The van der Waals surface area contributed by atoms with Crippen LogP contribution in [0, 0.1) is 0 Å². The van der Waals surface area contributed by atoms with Gasteiger partial charge in [0, 0.05) is 15.0 Å². The summed E-state index contributed by atoms with van der Waals surface area (Å²) in [6.45, 7) is 6.55. The van der Waals surface area contributed by atoms with Crippen LogP contribution in [0.25, 0.3) is 6.08 Å². The molecule has 2 aromatic carbocycles. The Bertz CT molecular complexity index is 728. The molecule has 2 aromatic rings. The molecule has 0 aliphatic rings. The maximum atomic E-state index is 12.0. The van der Waals surface area contributed by atoms with Crippen molar-refractivity contribution in [3.63, 3.8) is 0 Å². The van der Waals surface area contributed by atoms with E-state index in [9.17, 15) is 4.79 Å². The van der Waals surface area contributed by atoms with Crippen molar-refractivity contribution in [1.29, 1.82) is 0 Å². The number of hydrogen-bond donors (Lipinski definition) is 1. The minimum Gasteiger partial charge on any atom is -0.321 e. The molecule has 1 N–H and O–H groups in total. The summed E-state index contributed by atoms with van der Waals surface area (Å²) in [4.78, 5) is 12.0. The lowest BCUT2D eigenvalue weighted by atomic mass is 9.87. The Hall–Kier alpha value is -1.39. The molecular formula is C19H19Br2NO. The van der Waals surface area contributed by atoms with Gasteiger partial charge in [0.05, 0.1) is 5.69 Å². The number of rotatable bonds is 3. The fourth-order valence-electron chi connectivity index (χ4n) is 2.03. The lowest BCUT2D eigenvalue weighted by Gasteiger charge is -2.18. The lowest BCUT2D eigenvalue weighted by molar-refractivity contribution is -0.111. The van der Waals surface area contributed by atoms with Crippen molar-refractivity contribution in [2.45, 2.75) is 26.2 Å². The molecule has 0 aromatic heterocycles. The third-order valence-corrected chi connectivity index (χ3v) is 4.54. The van der Waals surface area contributed by atoms with Crippen LogP contribution in [0.15, 0.2) is 57.5 Å². The van der Waals surface area contributed by atoms with E-state index >= 15 is 0 Å². The summed E-state index contributed by atoms with van der Waals surface area (Å²) in [7, 11) is 0. The smallest absolute Gasteiger partial charge is 0.248 e. The van der Waals surface area contributed by atoms with E-state index in [0.717, 1.165) is 20.2 Å². The zero-order chi connectivity index (χ0) is 17.0. The van der Waals surface area contributed by atoms with Crippen LogP contribution in [0.1, 0.15) is 31.9 Å². The topological polar surface area (TPSA) is 29.1 Å². The molecule has 0 atom stereocenters. The van der Waals surface area contributed by atoms with Crippen LogP contribution in [-0.4, -0.2) is 5.91 Å². The average Bonchev–Trinajstić information content (AvgIpc) is 2.47. The molecule has 0 heterocycles. The van der Waals surface area contributed by atoms with Crippen molar-refractivity contribution in [2.75, 3.05) is 5.32 Å². The van der Waals surface area contributed by atoms with Gasteiger partial charge in [0.1, 0.15) is 0 Å². The molecule has 0 saturated heterocycles. The largest absolute Gasteiger partial charge is 0.321 e. The van der Waals surface area contributed by atoms with Gasteiger partial charge in [-0.05, 0) is 56.7 Å². The molecule has 0 bridgehead atoms. The van der Waals surface area contributed by atoms with Crippen LogP contribution in [0.5, 0.6) is 0 Å². The van der Waals surface area contributed by atoms with Crippen molar-refractivity contribution < 1.29 is 4.79 Å². The zero-order valence-corrected chi connectivity index (χ0v) is 16.5. The monoisotopic (exact) mass is 435 g/mol. The molecule has 0 saturated carbocycles. The van der Waals surface area contributed by atoms with Crippen molar-refractivity contribution >= 4 is 49.5 Å². The van der Waals surface area contributed by atoms with Gasteiger partial charge in [-0.2, -0.15) is 0 Å². The Labute approximate surface area is 154 Å². The Balaban J connectivity index is 2.03. The van der Waals surface area contributed by atoms with Crippen LogP contribution in [0.3, 0.4) is 0 Å². The van der Waals surface area contributed by atoms with E-state index in [1.54, 1.807) is 6.08 Å². The second kappa shape index (κ2) is 7.45. The fourth-order valence-corrected chi connectivity index (χ4v) is 3.18. The quantitative estimate of drug-likeness (QED) is 0.573. The second-order valence-electron chi connectivity index (χ2n) is 6.32. The van der Waals surface area contributed by atoms with Crippen LogP contribution in [0.2, 0.25) is 0 Å². The number of carbonyl (C=O) groups excluding carboxylic acids is 1. The minimum atomic E-state index is -0.159. The van der Waals surface area contributed by atoms with Crippen LogP contribution >= 0.6 is 31.9 Å². The van der Waals surface area contributed by atoms with E-state index in [0.29, 0.717) is 0 Å². The standard InChI is InChI=1S/C19H19Br2NO/c1-19(2,3)14-7-4-13(5-8-14)6-11-18(23)22-17-10-9-15(20)12-16(17)21/h4-12H,1-3H3,(H,22,23)/b11-6+. The fraction of sp³-hybridized carbons (Fsp3) is 0.211. The first-order valence-corrected chi connectivity index (χ1v) is 8.89. The molecule has 4 heteroatoms. The van der Waals surface area contributed by atoms with E-state index in [-0.39, 0.29) is 11.3 Å². The lowest BCUT2D eigenvalue weighted by Crippen LogP contribution is -2.10. The molecular weight excluding hydrogens is 418 g/mol. The van der Waals surface area contributed by atoms with Gasteiger partial charge in [0.25, 0.3) is 0 Å². The number of benzene rings is 2. The van der Waals surface area contributed by atoms with Crippen molar-refractivity contribution in [3.05, 3.63) is 68.6 Å². The second-order valence-corrected chi connectivity index (χ2v) is 8.09. The molecule has 120 valence electrons. The molecule has 0 aliphatic heterocycles. The summed E-state index contributed by atoms with van der Waals surface area (Å²) in [5.74, 6) is -0.159. The average molecular weight is 437 g/mol. The van der Waals surface area contributed by atoms with Gasteiger partial charge in [-0.1, -0.05) is 61.0 Å². The SMILES string of the molecule is CC(C)(C)c1ccc(/C=C/C(=O)Nc2ccc(Br)cc2Br)cc1. The molecule has 23 heavy (non-hydrogen) atoms. The molecule has 2 rings (SSSR count). The van der Waals surface area contributed by atoms with Gasteiger partial charge < -0.3 is 5.32 Å². The highest BCUT2D eigenvalue weighted by Crippen LogP contribution is 2.26. The molecule has 0 radical (unpaired) electrons. The number of amides is 1. The third kappa shape index (κ3) is 5.33. The Kier molecular flexibility index (Phi) is 5.82. The Morgan fingerprint density at radius 3 is 2.26 bits per heavy atom. The van der Waals surface area contributed by atoms with Gasteiger partial charge in [0.15, 0.2) is 0 Å². The highest BCUT2D eigenvalue weighted by atomic mass is 79.9. The van der Waals surface area contributed by atoms with Gasteiger partial charge in [-0.25, -0.2) is 0 Å². The molecule has 0 aliphatic carbocycles. The Morgan fingerprint density at radius 1 is 1.04 bits per heavy atom. The van der Waals surface area contributed by atoms with E-state index in [1.807, 2.05) is 36.4 Å². The molecule has 1 amide bonds. The van der Waals surface area contributed by atoms with Gasteiger partial charge >= 0.3 is 0 Å². The summed E-state index contributed by atoms with van der Waals surface area (Å²) >= 11 is 6.82. The minimum absolute atomic E-state index is 0.132. The normalized spacial score (nSPS) is 11.7. The van der Waals surface area contributed by atoms with Gasteiger partial charge in [0.2, 0.25) is 5.91 Å². The zero-order valence-electron chi connectivity index (χ0n) is 13.4. The number of anilines is 1. The predicted octanol–water partition coefficient (Wildman–Crippen LogP) is 6.16. The van der Waals surface area contributed by atoms with Crippen LogP contribution in [-0.2, 0) is 10.2 Å². The summed E-state index contributed by atoms with van der Waals surface area (Å²) in [5, 5.41) is 2.85.